The van der Waals surface area contributed by atoms with Crippen LogP contribution in [0.2, 0.25) is 0 Å². The van der Waals surface area contributed by atoms with E-state index in [2.05, 4.69) is 31.8 Å². The van der Waals surface area contributed by atoms with Crippen LogP contribution in [-0.4, -0.2) is 64.0 Å². The van der Waals surface area contributed by atoms with Crippen LogP contribution < -0.4 is 0 Å². The molecule has 0 unspecified atom stereocenters. The second kappa shape index (κ2) is 10.9. The Morgan fingerprint density at radius 2 is 1.80 bits per heavy atom. The van der Waals surface area contributed by atoms with Crippen LogP contribution in [0.5, 0.6) is 0 Å². The summed E-state index contributed by atoms with van der Waals surface area (Å²) in [5, 5.41) is 10.3. The van der Waals surface area contributed by atoms with Gasteiger partial charge in [-0.05, 0) is 110 Å². The number of amides is 2. The summed E-state index contributed by atoms with van der Waals surface area (Å²) in [5.74, 6) is 3.81. The average molecular weight is 548 g/mol. The molecule has 0 aromatic carbocycles. The number of pyridine rings is 1. The van der Waals surface area contributed by atoms with Crippen molar-refractivity contribution in [2.24, 2.45) is 40.4 Å². The van der Waals surface area contributed by atoms with Gasteiger partial charge in [0.05, 0.1) is 6.10 Å². The Hall–Kier alpha value is -2.21. The molecule has 8 atom stereocenters. The molecule has 4 aliphatic carbocycles. The Morgan fingerprint density at radius 1 is 1.02 bits per heavy atom. The zero-order valence-electron chi connectivity index (χ0n) is 24.9. The van der Waals surface area contributed by atoms with E-state index in [1.54, 1.807) is 17.8 Å². The van der Waals surface area contributed by atoms with Gasteiger partial charge in [0.1, 0.15) is 5.69 Å². The van der Waals surface area contributed by atoms with Crippen molar-refractivity contribution in [2.75, 3.05) is 26.2 Å². The Kier molecular flexibility index (Phi) is 7.60. The number of piperazine rings is 1. The molecule has 4 fully saturated rings. The highest BCUT2D eigenvalue weighted by Gasteiger charge is 2.59. The van der Waals surface area contributed by atoms with Crippen molar-refractivity contribution in [1.82, 2.24) is 14.8 Å². The third-order valence-corrected chi connectivity index (χ3v) is 12.5. The van der Waals surface area contributed by atoms with Crippen molar-refractivity contribution in [1.29, 1.82) is 0 Å². The molecule has 6 rings (SSSR count). The number of carbonyl (C=O) groups excluding carboxylic acids is 2. The van der Waals surface area contributed by atoms with Crippen LogP contribution in [0.15, 0.2) is 36.0 Å². The summed E-state index contributed by atoms with van der Waals surface area (Å²) < 4.78 is 0. The fourth-order valence-electron chi connectivity index (χ4n) is 10.1. The number of allylic oxidation sites excluding steroid dienone is 1. The average Bonchev–Trinajstić information content (AvgIpc) is 3.33. The molecule has 0 radical (unpaired) electrons. The van der Waals surface area contributed by atoms with Gasteiger partial charge in [0.25, 0.3) is 5.91 Å². The quantitative estimate of drug-likeness (QED) is 0.479. The summed E-state index contributed by atoms with van der Waals surface area (Å²) in [6.45, 7) is 9.90. The summed E-state index contributed by atoms with van der Waals surface area (Å²) in [6, 6.07) is 5.41. The van der Waals surface area contributed by atoms with Crippen molar-refractivity contribution in [3.63, 3.8) is 0 Å². The van der Waals surface area contributed by atoms with Crippen molar-refractivity contribution >= 4 is 11.8 Å². The number of fused-ring (bicyclic) bond motifs is 5. The van der Waals surface area contributed by atoms with Gasteiger partial charge in [0.2, 0.25) is 5.91 Å². The number of hydrogen-bond acceptors (Lipinski definition) is 4. The number of hydrogen-bond donors (Lipinski definition) is 1. The SMILES string of the molecule is C[C@H](CCC(=O)N1CCN(C(=O)c2ccccn2)CC1)[C@H]1CC[C@H]2[C@@H]3CC=C4C[C@@H](O)CC[C@]4(C)[C@H]3CC[C@]12C. The Balaban J connectivity index is 1.02. The molecule has 2 amide bonds. The molecule has 1 aromatic rings. The number of aliphatic hydroxyl groups excluding tert-OH is 1. The maximum Gasteiger partial charge on any atom is 0.272 e. The van der Waals surface area contributed by atoms with E-state index in [9.17, 15) is 14.7 Å². The van der Waals surface area contributed by atoms with Gasteiger partial charge in [-0.2, -0.15) is 0 Å². The molecule has 6 nitrogen and oxygen atoms in total. The van der Waals surface area contributed by atoms with Gasteiger partial charge in [-0.1, -0.05) is 38.5 Å². The van der Waals surface area contributed by atoms with Gasteiger partial charge in [0, 0.05) is 38.8 Å². The number of carbonyl (C=O) groups is 2. The molecular weight excluding hydrogens is 498 g/mol. The maximum absolute atomic E-state index is 13.2. The lowest BCUT2D eigenvalue weighted by Crippen LogP contribution is -2.51. The second-order valence-corrected chi connectivity index (χ2v) is 14.3. The predicted molar refractivity (Wildman–Crippen MR) is 156 cm³/mol. The molecule has 40 heavy (non-hydrogen) atoms. The molecule has 5 aliphatic rings. The Bertz CT molecular complexity index is 1130. The molecule has 218 valence electrons. The minimum atomic E-state index is -0.137. The second-order valence-electron chi connectivity index (χ2n) is 14.3. The molecule has 0 bridgehead atoms. The van der Waals surface area contributed by atoms with Crippen LogP contribution >= 0.6 is 0 Å². The van der Waals surface area contributed by atoms with E-state index in [-0.39, 0.29) is 17.9 Å². The van der Waals surface area contributed by atoms with E-state index >= 15 is 0 Å². The first-order valence-corrected chi connectivity index (χ1v) is 16.1. The van der Waals surface area contributed by atoms with E-state index < -0.39 is 0 Å². The zero-order chi connectivity index (χ0) is 28.1. The Labute approximate surface area is 240 Å². The zero-order valence-corrected chi connectivity index (χ0v) is 24.9. The van der Waals surface area contributed by atoms with Gasteiger partial charge in [-0.15, -0.1) is 0 Å². The number of aromatic nitrogens is 1. The van der Waals surface area contributed by atoms with Crippen molar-refractivity contribution < 1.29 is 14.7 Å². The first-order chi connectivity index (χ1) is 19.2. The smallest absolute Gasteiger partial charge is 0.272 e. The van der Waals surface area contributed by atoms with E-state index in [1.807, 2.05) is 21.9 Å². The fourth-order valence-corrected chi connectivity index (χ4v) is 10.1. The monoisotopic (exact) mass is 547 g/mol. The van der Waals surface area contributed by atoms with Gasteiger partial charge in [-0.3, -0.25) is 14.6 Å². The van der Waals surface area contributed by atoms with Crippen LogP contribution in [-0.2, 0) is 4.79 Å². The van der Waals surface area contributed by atoms with Crippen LogP contribution in [0, 0.1) is 40.4 Å². The topological polar surface area (TPSA) is 73.7 Å². The summed E-state index contributed by atoms with van der Waals surface area (Å²) in [6.07, 6.45) is 15.1. The lowest BCUT2D eigenvalue weighted by molar-refractivity contribution is -0.133. The van der Waals surface area contributed by atoms with Gasteiger partial charge in [0.15, 0.2) is 0 Å². The highest BCUT2D eigenvalue weighted by molar-refractivity contribution is 5.92. The normalized spacial score (nSPS) is 38.1. The number of aliphatic hydroxyl groups is 1. The maximum atomic E-state index is 13.2. The molecule has 6 heteroatoms. The molecule has 0 spiro atoms. The van der Waals surface area contributed by atoms with Gasteiger partial charge < -0.3 is 14.9 Å². The van der Waals surface area contributed by atoms with E-state index in [4.69, 9.17) is 0 Å². The molecule has 1 N–H and O–H groups in total. The predicted octanol–water partition coefficient (Wildman–Crippen LogP) is 5.72. The summed E-state index contributed by atoms with van der Waals surface area (Å²) in [5.41, 5.74) is 2.72. The van der Waals surface area contributed by atoms with Crippen LogP contribution in [0.4, 0.5) is 0 Å². The fraction of sp³-hybridized carbons (Fsp3) is 0.735. The number of nitrogens with zero attached hydrogens (tertiary/aromatic N) is 3. The summed E-state index contributed by atoms with van der Waals surface area (Å²) in [7, 11) is 0. The van der Waals surface area contributed by atoms with Crippen molar-refractivity contribution in [3.05, 3.63) is 41.7 Å². The first kappa shape index (κ1) is 27.9. The third kappa shape index (κ3) is 4.82. The van der Waals surface area contributed by atoms with Crippen LogP contribution in [0.25, 0.3) is 0 Å². The third-order valence-electron chi connectivity index (χ3n) is 12.5. The van der Waals surface area contributed by atoms with E-state index in [1.165, 1.54) is 32.1 Å². The minimum Gasteiger partial charge on any atom is -0.393 e. The summed E-state index contributed by atoms with van der Waals surface area (Å²) in [4.78, 5) is 33.9. The Morgan fingerprint density at radius 3 is 2.55 bits per heavy atom. The molecular formula is C34H49N3O3. The standard InChI is InChI=1S/C34H49N3O3/c1-23(7-12-31(39)36-18-20-37(21-19-36)32(40)30-6-4-5-17-35-30)27-10-11-28-26-9-8-24-22-25(38)13-15-33(24,2)29(26)14-16-34(27,28)3/h4-6,8,17,23,25-29,38H,7,9-16,18-22H2,1-3H3/t23-,25+,26+,27-,28+,29+,33+,34-/m1/s1. The van der Waals surface area contributed by atoms with Gasteiger partial charge in [-0.25, -0.2) is 0 Å². The molecule has 3 saturated carbocycles. The highest BCUT2D eigenvalue weighted by Crippen LogP contribution is 2.67. The molecule has 1 aliphatic heterocycles. The molecule has 2 heterocycles. The molecule has 1 saturated heterocycles. The summed E-state index contributed by atoms with van der Waals surface area (Å²) >= 11 is 0. The lowest BCUT2D eigenvalue weighted by Gasteiger charge is -2.58. The minimum absolute atomic E-state index is 0.0418. The van der Waals surface area contributed by atoms with E-state index in [0.29, 0.717) is 61.0 Å². The number of rotatable bonds is 5. The highest BCUT2D eigenvalue weighted by atomic mass is 16.3. The molecule has 1 aromatic heterocycles. The van der Waals surface area contributed by atoms with Gasteiger partial charge >= 0.3 is 0 Å². The first-order valence-electron chi connectivity index (χ1n) is 16.1. The van der Waals surface area contributed by atoms with Crippen LogP contribution in [0.1, 0.15) is 95.5 Å². The largest absolute Gasteiger partial charge is 0.393 e. The van der Waals surface area contributed by atoms with Crippen molar-refractivity contribution in [3.8, 4) is 0 Å². The van der Waals surface area contributed by atoms with Crippen molar-refractivity contribution in [2.45, 2.75) is 91.1 Å². The van der Waals surface area contributed by atoms with Crippen LogP contribution in [0.3, 0.4) is 0 Å². The lowest BCUT2D eigenvalue weighted by atomic mass is 9.47. The van der Waals surface area contributed by atoms with E-state index in [0.717, 1.165) is 43.4 Å².